The van der Waals surface area contributed by atoms with Crippen LogP contribution in [0.3, 0.4) is 0 Å². The van der Waals surface area contributed by atoms with Gasteiger partial charge in [-0.25, -0.2) is 9.67 Å². The standard InChI is InChI=1S/C23H22ClN5O3/c1-31-20-14-16(6-7-18(20)24)27-9-11-28(12-10-27)21(30)15-29-23-17(4-2-8-25-23)22(26-29)19-5-3-13-32-19/h2-8,13-14H,9-12,15H2,1H3. The molecule has 0 saturated carbocycles. The van der Waals surface area contributed by atoms with E-state index in [2.05, 4.69) is 15.0 Å². The fourth-order valence-electron chi connectivity index (χ4n) is 4.00. The number of aromatic nitrogens is 3. The maximum Gasteiger partial charge on any atom is 0.244 e. The third-order valence-corrected chi connectivity index (χ3v) is 5.99. The van der Waals surface area contributed by atoms with Crippen LogP contribution < -0.4 is 9.64 Å². The number of amides is 1. The number of anilines is 1. The van der Waals surface area contributed by atoms with E-state index in [1.165, 1.54) is 0 Å². The Morgan fingerprint density at radius 3 is 2.75 bits per heavy atom. The quantitative estimate of drug-likeness (QED) is 0.460. The first kappa shape index (κ1) is 20.4. The van der Waals surface area contributed by atoms with E-state index < -0.39 is 0 Å². The first-order valence-electron chi connectivity index (χ1n) is 10.4. The van der Waals surface area contributed by atoms with Crippen LogP contribution >= 0.6 is 11.6 Å². The highest BCUT2D eigenvalue weighted by atomic mass is 35.5. The Balaban J connectivity index is 1.29. The summed E-state index contributed by atoms with van der Waals surface area (Å²) < 4.78 is 12.5. The van der Waals surface area contributed by atoms with E-state index >= 15 is 0 Å². The smallest absolute Gasteiger partial charge is 0.244 e. The molecule has 0 radical (unpaired) electrons. The van der Waals surface area contributed by atoms with Gasteiger partial charge in [-0.2, -0.15) is 5.10 Å². The molecule has 1 fully saturated rings. The highest BCUT2D eigenvalue weighted by Crippen LogP contribution is 2.30. The van der Waals surface area contributed by atoms with Gasteiger partial charge < -0.3 is 19.0 Å². The van der Waals surface area contributed by atoms with Gasteiger partial charge in [-0.05, 0) is 36.4 Å². The van der Waals surface area contributed by atoms with E-state index in [0.717, 1.165) is 24.2 Å². The molecule has 4 aromatic rings. The summed E-state index contributed by atoms with van der Waals surface area (Å²) in [5, 5.41) is 6.07. The molecule has 3 aromatic heterocycles. The zero-order valence-corrected chi connectivity index (χ0v) is 18.3. The minimum absolute atomic E-state index is 0.0133. The summed E-state index contributed by atoms with van der Waals surface area (Å²) >= 11 is 6.14. The van der Waals surface area contributed by atoms with E-state index in [1.54, 1.807) is 24.3 Å². The molecular formula is C23H22ClN5O3. The Bertz CT molecular complexity index is 1250. The molecular weight excluding hydrogens is 430 g/mol. The van der Waals surface area contributed by atoms with Gasteiger partial charge in [0.2, 0.25) is 5.91 Å². The third kappa shape index (κ3) is 3.78. The van der Waals surface area contributed by atoms with Crippen LogP contribution in [0.15, 0.2) is 59.3 Å². The summed E-state index contributed by atoms with van der Waals surface area (Å²) in [6, 6.07) is 13.2. The predicted octanol–water partition coefficient (Wildman–Crippen LogP) is 3.70. The van der Waals surface area contributed by atoms with Crippen molar-refractivity contribution in [1.29, 1.82) is 0 Å². The second-order valence-corrected chi connectivity index (χ2v) is 7.95. The maximum absolute atomic E-state index is 13.1. The molecule has 1 aliphatic rings. The molecule has 9 heteroatoms. The van der Waals surface area contributed by atoms with E-state index in [1.807, 2.05) is 47.4 Å². The zero-order chi connectivity index (χ0) is 22.1. The number of nitrogens with zero attached hydrogens (tertiary/aromatic N) is 5. The van der Waals surface area contributed by atoms with Crippen LogP contribution in [-0.4, -0.2) is 58.9 Å². The fraction of sp³-hybridized carbons (Fsp3) is 0.261. The molecule has 32 heavy (non-hydrogen) atoms. The highest BCUT2D eigenvalue weighted by Gasteiger charge is 2.24. The molecule has 0 aliphatic carbocycles. The molecule has 164 valence electrons. The van der Waals surface area contributed by atoms with Gasteiger partial charge in [0.1, 0.15) is 18.0 Å². The van der Waals surface area contributed by atoms with Crippen LogP contribution in [0.25, 0.3) is 22.5 Å². The lowest BCUT2D eigenvalue weighted by atomic mass is 10.2. The molecule has 0 spiro atoms. The molecule has 8 nitrogen and oxygen atoms in total. The maximum atomic E-state index is 13.1. The van der Waals surface area contributed by atoms with Crippen molar-refractivity contribution in [2.75, 3.05) is 38.2 Å². The first-order chi connectivity index (χ1) is 15.6. The summed E-state index contributed by atoms with van der Waals surface area (Å²) in [6.45, 7) is 2.84. The van der Waals surface area contributed by atoms with E-state index in [4.69, 9.17) is 20.8 Å². The summed E-state index contributed by atoms with van der Waals surface area (Å²) in [4.78, 5) is 21.6. The number of furan rings is 1. The van der Waals surface area contributed by atoms with Crippen LogP contribution in [0.5, 0.6) is 5.75 Å². The molecule has 0 unspecified atom stereocenters. The van der Waals surface area contributed by atoms with E-state index in [0.29, 0.717) is 41.0 Å². The number of pyridine rings is 1. The Labute approximate surface area is 189 Å². The highest BCUT2D eigenvalue weighted by molar-refractivity contribution is 6.32. The molecule has 1 saturated heterocycles. The number of piperazine rings is 1. The number of fused-ring (bicyclic) bond motifs is 1. The lowest BCUT2D eigenvalue weighted by Gasteiger charge is -2.36. The second-order valence-electron chi connectivity index (χ2n) is 7.54. The lowest BCUT2D eigenvalue weighted by Crippen LogP contribution is -2.49. The normalized spacial score (nSPS) is 14.2. The van der Waals surface area contributed by atoms with Gasteiger partial charge in [0.05, 0.1) is 23.8 Å². The number of methoxy groups -OCH3 is 1. The number of hydrogen-bond acceptors (Lipinski definition) is 6. The van der Waals surface area contributed by atoms with E-state index in [-0.39, 0.29) is 12.5 Å². The Hall–Kier alpha value is -3.52. The Morgan fingerprint density at radius 2 is 2.00 bits per heavy atom. The van der Waals surface area contributed by atoms with Crippen molar-refractivity contribution in [1.82, 2.24) is 19.7 Å². The average Bonchev–Trinajstić information content (AvgIpc) is 3.48. The van der Waals surface area contributed by atoms with Gasteiger partial charge in [0, 0.05) is 44.1 Å². The molecule has 0 bridgehead atoms. The largest absolute Gasteiger partial charge is 0.495 e. The predicted molar refractivity (Wildman–Crippen MR) is 122 cm³/mol. The van der Waals surface area contributed by atoms with E-state index in [9.17, 15) is 4.79 Å². The monoisotopic (exact) mass is 451 g/mol. The number of halogens is 1. The van der Waals surface area contributed by atoms with Crippen molar-refractivity contribution < 1.29 is 13.9 Å². The Morgan fingerprint density at radius 1 is 1.16 bits per heavy atom. The van der Waals surface area contributed by atoms with Crippen molar-refractivity contribution in [2.45, 2.75) is 6.54 Å². The van der Waals surface area contributed by atoms with Crippen molar-refractivity contribution in [2.24, 2.45) is 0 Å². The van der Waals surface area contributed by atoms with Crippen LogP contribution in [0.2, 0.25) is 5.02 Å². The number of carbonyl (C=O) groups is 1. The van der Waals surface area contributed by atoms with Crippen molar-refractivity contribution >= 4 is 34.2 Å². The van der Waals surface area contributed by atoms with Crippen LogP contribution in [0.4, 0.5) is 5.69 Å². The van der Waals surface area contributed by atoms with Gasteiger partial charge >= 0.3 is 0 Å². The van der Waals surface area contributed by atoms with Crippen molar-refractivity contribution in [3.05, 3.63) is 59.9 Å². The number of ether oxygens (including phenoxy) is 1. The summed E-state index contributed by atoms with van der Waals surface area (Å²) in [5.74, 6) is 1.31. The minimum atomic E-state index is 0.0133. The van der Waals surface area contributed by atoms with Crippen molar-refractivity contribution in [3.8, 4) is 17.2 Å². The van der Waals surface area contributed by atoms with Gasteiger partial charge in [0.15, 0.2) is 11.4 Å². The fourth-order valence-corrected chi connectivity index (χ4v) is 4.20. The molecule has 5 rings (SSSR count). The molecule has 1 amide bonds. The topological polar surface area (TPSA) is 76.6 Å². The summed E-state index contributed by atoms with van der Waals surface area (Å²) in [6.07, 6.45) is 3.31. The van der Waals surface area contributed by atoms with Crippen LogP contribution in [-0.2, 0) is 11.3 Å². The Kier molecular flexibility index (Phi) is 5.45. The number of rotatable bonds is 5. The van der Waals surface area contributed by atoms with Gasteiger partial charge in [0.25, 0.3) is 0 Å². The minimum Gasteiger partial charge on any atom is -0.495 e. The number of hydrogen-bond donors (Lipinski definition) is 0. The molecule has 0 N–H and O–H groups in total. The van der Waals surface area contributed by atoms with Gasteiger partial charge in [-0.15, -0.1) is 0 Å². The molecule has 1 aliphatic heterocycles. The number of benzene rings is 1. The molecule has 4 heterocycles. The lowest BCUT2D eigenvalue weighted by molar-refractivity contribution is -0.132. The number of carbonyl (C=O) groups excluding carboxylic acids is 1. The molecule has 1 aromatic carbocycles. The van der Waals surface area contributed by atoms with Crippen LogP contribution in [0.1, 0.15) is 0 Å². The molecule has 0 atom stereocenters. The van der Waals surface area contributed by atoms with Crippen LogP contribution in [0, 0.1) is 0 Å². The van der Waals surface area contributed by atoms with Crippen molar-refractivity contribution in [3.63, 3.8) is 0 Å². The average molecular weight is 452 g/mol. The van der Waals surface area contributed by atoms with Gasteiger partial charge in [-0.3, -0.25) is 4.79 Å². The summed E-state index contributed by atoms with van der Waals surface area (Å²) in [7, 11) is 1.60. The SMILES string of the molecule is COc1cc(N2CCN(C(=O)Cn3nc(-c4ccco4)c4cccnc43)CC2)ccc1Cl. The third-order valence-electron chi connectivity index (χ3n) is 5.68. The first-order valence-corrected chi connectivity index (χ1v) is 10.7. The zero-order valence-electron chi connectivity index (χ0n) is 17.6. The second kappa shape index (κ2) is 8.55. The summed E-state index contributed by atoms with van der Waals surface area (Å²) in [5.41, 5.74) is 2.38. The van der Waals surface area contributed by atoms with Gasteiger partial charge in [-0.1, -0.05) is 11.6 Å².